The van der Waals surface area contributed by atoms with Gasteiger partial charge in [0.25, 0.3) is 11.8 Å². The Balaban J connectivity index is 1.39. The number of carbonyl (C=O) groups is 4. The molecule has 1 unspecified atom stereocenters. The number of hydrogen-bond donors (Lipinski definition) is 3. The molecule has 1 atom stereocenters. The van der Waals surface area contributed by atoms with Crippen LogP contribution in [0.15, 0.2) is 94.8 Å². The average Bonchev–Trinajstić information content (AvgIpc) is 3.48. The highest BCUT2D eigenvalue weighted by Gasteiger charge is 2.18. The third-order valence-electron chi connectivity index (χ3n) is 6.14. The highest BCUT2D eigenvalue weighted by atomic mass is 32.2. The Morgan fingerprint density at radius 2 is 1.73 bits per heavy atom. The molecule has 4 aromatic rings. The normalized spacial score (nSPS) is 11.7. The molecule has 0 bridgehead atoms. The summed E-state index contributed by atoms with van der Waals surface area (Å²) >= 11 is 2.58. The fourth-order valence-corrected chi connectivity index (χ4v) is 5.51. The summed E-state index contributed by atoms with van der Waals surface area (Å²) in [5.74, 6) is -0.937. The Kier molecular flexibility index (Phi) is 11.9. The number of nitrogens with zero attached hydrogens (tertiary/aromatic N) is 1. The summed E-state index contributed by atoms with van der Waals surface area (Å²) in [7, 11) is 1.55. The number of nitrogens with one attached hydrogen (secondary N) is 3. The lowest BCUT2D eigenvalue weighted by atomic mass is 10.1. The molecule has 3 aromatic carbocycles. The van der Waals surface area contributed by atoms with E-state index in [2.05, 4.69) is 20.9 Å². The average molecular weight is 645 g/mol. The van der Waals surface area contributed by atoms with Gasteiger partial charge in [0.15, 0.2) is 5.13 Å². The van der Waals surface area contributed by atoms with Gasteiger partial charge in [0.1, 0.15) is 11.4 Å². The van der Waals surface area contributed by atoms with E-state index in [0.29, 0.717) is 40.0 Å². The number of anilines is 2. The summed E-state index contributed by atoms with van der Waals surface area (Å²) < 4.78 is 10.2. The summed E-state index contributed by atoms with van der Waals surface area (Å²) in [4.78, 5) is 55.8. The van der Waals surface area contributed by atoms with Crippen molar-refractivity contribution in [2.75, 3.05) is 24.4 Å². The third-order valence-corrected chi connectivity index (χ3v) is 8.06. The molecule has 0 aliphatic heterocycles. The number of rotatable bonds is 13. The largest absolute Gasteiger partial charge is 0.497 e. The Morgan fingerprint density at radius 3 is 2.44 bits per heavy atom. The van der Waals surface area contributed by atoms with E-state index in [0.717, 1.165) is 4.90 Å². The predicted octanol–water partition coefficient (Wildman–Crippen LogP) is 5.79. The molecule has 0 spiro atoms. The molecule has 1 heterocycles. The predicted molar refractivity (Wildman–Crippen MR) is 176 cm³/mol. The molecule has 3 amide bonds. The number of aromatic nitrogens is 1. The number of carbonyl (C=O) groups excluding carboxylic acids is 4. The van der Waals surface area contributed by atoms with Gasteiger partial charge in [-0.05, 0) is 74.0 Å². The van der Waals surface area contributed by atoms with Crippen LogP contribution in [-0.2, 0) is 25.5 Å². The quantitative estimate of drug-likeness (QED) is 0.0946. The van der Waals surface area contributed by atoms with Crippen molar-refractivity contribution in [2.24, 2.45) is 0 Å². The molecule has 0 aliphatic carbocycles. The standard InChI is InChI=1S/C33H32N4O6S2/c1-4-43-29(38)19-25-20-44-33(35-25)37-30(39)21(2)45-27-15-13-24(14-16-27)34-32(41)28(18-22-9-8-12-26(17-22)42-3)36-31(40)23-10-6-5-7-11-23/h5-18,20-21H,4,19H2,1-3H3,(H,34,41)(H,36,40)(H,35,37,39)/b28-18-. The van der Waals surface area contributed by atoms with Crippen LogP contribution in [0, 0.1) is 0 Å². The van der Waals surface area contributed by atoms with Gasteiger partial charge >= 0.3 is 5.97 Å². The van der Waals surface area contributed by atoms with Crippen LogP contribution in [0.1, 0.15) is 35.5 Å². The first-order valence-electron chi connectivity index (χ1n) is 13.9. The maximum atomic E-state index is 13.3. The van der Waals surface area contributed by atoms with Crippen LogP contribution in [0.3, 0.4) is 0 Å². The Morgan fingerprint density at radius 1 is 0.978 bits per heavy atom. The summed E-state index contributed by atoms with van der Waals surface area (Å²) in [5, 5.41) is 9.99. The van der Waals surface area contributed by atoms with Crippen LogP contribution in [-0.4, -0.2) is 47.6 Å². The van der Waals surface area contributed by atoms with Gasteiger partial charge in [-0.3, -0.25) is 19.2 Å². The highest BCUT2D eigenvalue weighted by Crippen LogP contribution is 2.27. The molecule has 12 heteroatoms. The minimum absolute atomic E-state index is 0.0467. The van der Waals surface area contributed by atoms with Crippen LogP contribution >= 0.6 is 23.1 Å². The Bertz CT molecular complexity index is 1670. The van der Waals surface area contributed by atoms with Crippen molar-refractivity contribution < 1.29 is 28.7 Å². The number of hydrogen-bond acceptors (Lipinski definition) is 9. The first kappa shape index (κ1) is 33.0. The number of methoxy groups -OCH3 is 1. The van der Waals surface area contributed by atoms with Gasteiger partial charge in [0.2, 0.25) is 5.91 Å². The number of ether oxygens (including phenoxy) is 2. The maximum Gasteiger partial charge on any atom is 0.311 e. The summed E-state index contributed by atoms with van der Waals surface area (Å²) in [5.41, 5.74) is 2.17. The van der Waals surface area contributed by atoms with E-state index < -0.39 is 17.1 Å². The fourth-order valence-electron chi connectivity index (χ4n) is 3.93. The molecule has 0 saturated heterocycles. The topological polar surface area (TPSA) is 136 Å². The Labute approximate surface area is 269 Å². The molecule has 1 aromatic heterocycles. The van der Waals surface area contributed by atoms with Crippen molar-refractivity contribution in [3.8, 4) is 5.75 Å². The highest BCUT2D eigenvalue weighted by molar-refractivity contribution is 8.00. The van der Waals surface area contributed by atoms with Gasteiger partial charge in [0.05, 0.1) is 31.1 Å². The fraction of sp³-hybridized carbons (Fsp3) is 0.182. The van der Waals surface area contributed by atoms with E-state index in [9.17, 15) is 19.2 Å². The van der Waals surface area contributed by atoms with Crippen LogP contribution in [0.4, 0.5) is 10.8 Å². The van der Waals surface area contributed by atoms with E-state index >= 15 is 0 Å². The molecule has 0 aliphatic rings. The number of benzene rings is 3. The van der Waals surface area contributed by atoms with E-state index in [-0.39, 0.29) is 24.0 Å². The molecule has 4 rings (SSSR count). The van der Waals surface area contributed by atoms with Crippen molar-refractivity contribution in [1.82, 2.24) is 10.3 Å². The van der Waals surface area contributed by atoms with Crippen molar-refractivity contribution >= 4 is 63.7 Å². The number of esters is 1. The molecule has 232 valence electrons. The van der Waals surface area contributed by atoms with Crippen molar-refractivity contribution in [1.29, 1.82) is 0 Å². The molecule has 0 radical (unpaired) electrons. The van der Waals surface area contributed by atoms with E-state index in [1.165, 1.54) is 23.1 Å². The van der Waals surface area contributed by atoms with Gasteiger partial charge in [-0.1, -0.05) is 30.3 Å². The zero-order chi connectivity index (χ0) is 32.2. The lowest BCUT2D eigenvalue weighted by Crippen LogP contribution is -2.30. The molecular weight excluding hydrogens is 613 g/mol. The minimum atomic E-state index is -0.513. The second kappa shape index (κ2) is 16.2. The molecular formula is C33H32N4O6S2. The van der Waals surface area contributed by atoms with Gasteiger partial charge in [-0.25, -0.2) is 4.98 Å². The van der Waals surface area contributed by atoms with Gasteiger partial charge in [-0.15, -0.1) is 23.1 Å². The third kappa shape index (κ3) is 10.1. The molecule has 45 heavy (non-hydrogen) atoms. The zero-order valence-electron chi connectivity index (χ0n) is 24.9. The van der Waals surface area contributed by atoms with E-state index in [4.69, 9.17) is 9.47 Å². The van der Waals surface area contributed by atoms with Crippen LogP contribution in [0.25, 0.3) is 6.08 Å². The smallest absolute Gasteiger partial charge is 0.311 e. The zero-order valence-corrected chi connectivity index (χ0v) is 26.5. The molecule has 0 saturated carbocycles. The monoisotopic (exact) mass is 644 g/mol. The first-order valence-corrected chi connectivity index (χ1v) is 15.7. The maximum absolute atomic E-state index is 13.3. The lowest BCUT2D eigenvalue weighted by molar-refractivity contribution is -0.142. The second-order valence-electron chi connectivity index (χ2n) is 9.51. The van der Waals surface area contributed by atoms with Gasteiger partial charge in [0, 0.05) is 21.5 Å². The first-order chi connectivity index (χ1) is 21.7. The lowest BCUT2D eigenvalue weighted by Gasteiger charge is -2.13. The summed E-state index contributed by atoms with van der Waals surface area (Å²) in [6.45, 7) is 3.80. The van der Waals surface area contributed by atoms with Crippen molar-refractivity contribution in [3.63, 3.8) is 0 Å². The number of thiazole rings is 1. The van der Waals surface area contributed by atoms with E-state index in [1.54, 1.807) is 111 Å². The minimum Gasteiger partial charge on any atom is -0.497 e. The molecule has 3 N–H and O–H groups in total. The number of amides is 3. The summed E-state index contributed by atoms with van der Waals surface area (Å²) in [6.07, 6.45) is 1.62. The van der Waals surface area contributed by atoms with Crippen molar-refractivity contribution in [2.45, 2.75) is 30.4 Å². The molecule has 10 nitrogen and oxygen atoms in total. The van der Waals surface area contributed by atoms with Crippen LogP contribution in [0.2, 0.25) is 0 Å². The van der Waals surface area contributed by atoms with E-state index in [1.807, 2.05) is 0 Å². The Hall–Kier alpha value is -4.94. The van der Waals surface area contributed by atoms with Crippen LogP contribution < -0.4 is 20.7 Å². The van der Waals surface area contributed by atoms with Gasteiger partial charge in [-0.2, -0.15) is 0 Å². The van der Waals surface area contributed by atoms with Gasteiger partial charge < -0.3 is 25.4 Å². The second-order valence-corrected chi connectivity index (χ2v) is 11.8. The van der Waals surface area contributed by atoms with Crippen LogP contribution in [0.5, 0.6) is 5.75 Å². The number of thioether (sulfide) groups is 1. The SMILES string of the molecule is CCOC(=O)Cc1csc(NC(=O)C(C)Sc2ccc(NC(=O)/C(=C/c3cccc(OC)c3)NC(=O)c3ccccc3)cc2)n1. The summed E-state index contributed by atoms with van der Waals surface area (Å²) in [6, 6.07) is 22.8. The molecule has 0 fully saturated rings. The van der Waals surface area contributed by atoms with Crippen molar-refractivity contribution in [3.05, 3.63) is 107 Å².